The molecule has 0 fully saturated rings. The van der Waals surface area contributed by atoms with E-state index in [0.29, 0.717) is 11.1 Å². The van der Waals surface area contributed by atoms with Gasteiger partial charge in [-0.3, -0.25) is 4.57 Å². The molecule has 0 unspecified atom stereocenters. The Morgan fingerprint density at radius 2 is 1.90 bits per heavy atom. The maximum atomic E-state index is 13.7. The highest BCUT2D eigenvalue weighted by molar-refractivity contribution is 6.17. The van der Waals surface area contributed by atoms with Crippen molar-refractivity contribution in [3.05, 3.63) is 59.2 Å². The second kappa shape index (κ2) is 4.91. The topological polar surface area (TPSA) is 17.8 Å². The second-order valence-electron chi connectivity index (χ2n) is 4.87. The molecule has 3 rings (SSSR count). The Labute approximate surface area is 121 Å². The summed E-state index contributed by atoms with van der Waals surface area (Å²) in [6, 6.07) is 11.3. The SMILES string of the molecule is Cc1cc2c(cc1F)nc(CCl)n2-c1ccccc1C. The largest absolute Gasteiger partial charge is 0.295 e. The van der Waals surface area contributed by atoms with Crippen LogP contribution < -0.4 is 0 Å². The van der Waals surface area contributed by atoms with E-state index in [1.54, 1.807) is 6.92 Å². The molecule has 0 atom stereocenters. The quantitative estimate of drug-likeness (QED) is 0.634. The Bertz CT molecular complexity index is 793. The molecule has 2 nitrogen and oxygen atoms in total. The number of benzene rings is 2. The van der Waals surface area contributed by atoms with Gasteiger partial charge in [-0.2, -0.15) is 0 Å². The summed E-state index contributed by atoms with van der Waals surface area (Å²) in [6.07, 6.45) is 0. The van der Waals surface area contributed by atoms with Crippen molar-refractivity contribution in [1.29, 1.82) is 0 Å². The van der Waals surface area contributed by atoms with Gasteiger partial charge in [-0.15, -0.1) is 11.6 Å². The summed E-state index contributed by atoms with van der Waals surface area (Å²) in [5.74, 6) is 0.762. The summed E-state index contributed by atoms with van der Waals surface area (Å²) in [4.78, 5) is 4.44. The first-order valence-electron chi connectivity index (χ1n) is 6.41. The fraction of sp³-hybridized carbons (Fsp3) is 0.188. The summed E-state index contributed by atoms with van der Waals surface area (Å²) in [5, 5.41) is 0. The zero-order valence-corrected chi connectivity index (χ0v) is 12.1. The van der Waals surface area contributed by atoms with Crippen LogP contribution in [0.4, 0.5) is 4.39 Å². The third-order valence-corrected chi connectivity index (χ3v) is 3.72. The van der Waals surface area contributed by atoms with Crippen LogP contribution in [-0.2, 0) is 5.88 Å². The smallest absolute Gasteiger partial charge is 0.129 e. The van der Waals surface area contributed by atoms with E-state index in [2.05, 4.69) is 4.98 Å². The maximum absolute atomic E-state index is 13.7. The van der Waals surface area contributed by atoms with E-state index in [1.807, 2.05) is 41.8 Å². The average Bonchev–Trinajstić information content (AvgIpc) is 2.77. The van der Waals surface area contributed by atoms with E-state index in [9.17, 15) is 4.39 Å². The van der Waals surface area contributed by atoms with E-state index in [-0.39, 0.29) is 11.7 Å². The molecule has 2 aromatic carbocycles. The Hall–Kier alpha value is -1.87. The number of hydrogen-bond acceptors (Lipinski definition) is 1. The van der Waals surface area contributed by atoms with E-state index < -0.39 is 0 Å². The lowest BCUT2D eigenvalue weighted by Gasteiger charge is -2.11. The highest BCUT2D eigenvalue weighted by Gasteiger charge is 2.14. The molecule has 0 aliphatic rings. The van der Waals surface area contributed by atoms with Gasteiger partial charge >= 0.3 is 0 Å². The molecule has 3 aromatic rings. The van der Waals surface area contributed by atoms with Gasteiger partial charge in [-0.1, -0.05) is 18.2 Å². The number of aryl methyl sites for hydroxylation is 2. The van der Waals surface area contributed by atoms with Gasteiger partial charge in [0.05, 0.1) is 22.6 Å². The van der Waals surface area contributed by atoms with Gasteiger partial charge in [0, 0.05) is 6.07 Å². The molecule has 0 amide bonds. The molecule has 0 radical (unpaired) electrons. The number of imidazole rings is 1. The fourth-order valence-electron chi connectivity index (χ4n) is 2.43. The lowest BCUT2D eigenvalue weighted by atomic mass is 10.1. The second-order valence-corrected chi connectivity index (χ2v) is 5.14. The first-order chi connectivity index (χ1) is 9.61. The van der Waals surface area contributed by atoms with Crippen molar-refractivity contribution in [3.8, 4) is 5.69 Å². The standard InChI is InChI=1S/C16H14ClFN2/c1-10-5-3-4-6-14(10)20-15-7-11(2)12(18)8-13(15)19-16(20)9-17/h3-8H,9H2,1-2H3. The highest BCUT2D eigenvalue weighted by atomic mass is 35.5. The highest BCUT2D eigenvalue weighted by Crippen LogP contribution is 2.26. The predicted molar refractivity (Wildman–Crippen MR) is 80.1 cm³/mol. The van der Waals surface area contributed by atoms with Crippen molar-refractivity contribution in [2.45, 2.75) is 19.7 Å². The average molecular weight is 289 g/mol. The van der Waals surface area contributed by atoms with E-state index in [4.69, 9.17) is 11.6 Å². The van der Waals surface area contributed by atoms with Crippen LogP contribution in [0.25, 0.3) is 16.7 Å². The monoisotopic (exact) mass is 288 g/mol. The number of hydrogen-bond donors (Lipinski definition) is 0. The van der Waals surface area contributed by atoms with Gasteiger partial charge in [0.1, 0.15) is 11.6 Å². The van der Waals surface area contributed by atoms with Crippen LogP contribution in [0.3, 0.4) is 0 Å². The van der Waals surface area contributed by atoms with Crippen LogP contribution in [0.15, 0.2) is 36.4 Å². The van der Waals surface area contributed by atoms with E-state index in [1.165, 1.54) is 6.07 Å². The summed E-state index contributed by atoms with van der Waals surface area (Å²) < 4.78 is 15.7. The molecular formula is C16H14ClFN2. The molecule has 0 spiro atoms. The molecule has 0 aliphatic heterocycles. The molecule has 0 bridgehead atoms. The lowest BCUT2D eigenvalue weighted by Crippen LogP contribution is -2.01. The van der Waals surface area contributed by atoms with Crippen molar-refractivity contribution in [2.75, 3.05) is 0 Å². The van der Waals surface area contributed by atoms with Gasteiger partial charge in [-0.05, 0) is 37.1 Å². The Morgan fingerprint density at radius 1 is 1.15 bits per heavy atom. The first-order valence-corrected chi connectivity index (χ1v) is 6.94. The van der Waals surface area contributed by atoms with Crippen LogP contribution >= 0.6 is 11.6 Å². The van der Waals surface area contributed by atoms with E-state index >= 15 is 0 Å². The number of para-hydroxylation sites is 1. The number of rotatable bonds is 2. The van der Waals surface area contributed by atoms with Crippen molar-refractivity contribution in [2.24, 2.45) is 0 Å². The van der Waals surface area contributed by atoms with Crippen molar-refractivity contribution < 1.29 is 4.39 Å². The van der Waals surface area contributed by atoms with Crippen molar-refractivity contribution >= 4 is 22.6 Å². The van der Waals surface area contributed by atoms with Gasteiger partial charge in [0.2, 0.25) is 0 Å². The molecule has 4 heteroatoms. The molecule has 20 heavy (non-hydrogen) atoms. The minimum Gasteiger partial charge on any atom is -0.295 e. The summed E-state index contributed by atoms with van der Waals surface area (Å²) in [5.41, 5.74) is 4.27. The summed E-state index contributed by atoms with van der Waals surface area (Å²) in [6.45, 7) is 3.79. The third-order valence-electron chi connectivity index (χ3n) is 3.48. The van der Waals surface area contributed by atoms with Gasteiger partial charge in [0.25, 0.3) is 0 Å². The number of aromatic nitrogens is 2. The normalized spacial score (nSPS) is 11.2. The zero-order chi connectivity index (χ0) is 14.3. The van der Waals surface area contributed by atoms with Crippen LogP contribution in [0.5, 0.6) is 0 Å². The van der Waals surface area contributed by atoms with Crippen molar-refractivity contribution in [1.82, 2.24) is 9.55 Å². The maximum Gasteiger partial charge on any atom is 0.129 e. The minimum absolute atomic E-state index is 0.243. The predicted octanol–water partition coefficient (Wildman–Crippen LogP) is 4.52. The van der Waals surface area contributed by atoms with Gasteiger partial charge in [-0.25, -0.2) is 9.37 Å². The first kappa shape index (κ1) is 13.1. The van der Waals surface area contributed by atoms with Gasteiger partial charge in [0.15, 0.2) is 0 Å². The zero-order valence-electron chi connectivity index (χ0n) is 11.3. The molecular weight excluding hydrogens is 275 g/mol. The number of alkyl halides is 1. The van der Waals surface area contributed by atoms with Gasteiger partial charge < -0.3 is 0 Å². The third kappa shape index (κ3) is 1.98. The Kier molecular flexibility index (Phi) is 3.22. The van der Waals surface area contributed by atoms with E-state index in [0.717, 1.165) is 22.6 Å². The minimum atomic E-state index is -0.243. The van der Waals surface area contributed by atoms with Crippen LogP contribution in [0, 0.1) is 19.7 Å². The van der Waals surface area contributed by atoms with Crippen molar-refractivity contribution in [3.63, 3.8) is 0 Å². The molecule has 0 N–H and O–H groups in total. The summed E-state index contributed by atoms with van der Waals surface area (Å²) in [7, 11) is 0. The fourth-order valence-corrected chi connectivity index (χ4v) is 2.60. The molecule has 0 saturated heterocycles. The Morgan fingerprint density at radius 3 is 2.60 bits per heavy atom. The Balaban J connectivity index is 2.39. The lowest BCUT2D eigenvalue weighted by molar-refractivity contribution is 0.620. The molecule has 1 heterocycles. The molecule has 0 saturated carbocycles. The number of halogens is 2. The number of nitrogens with zero attached hydrogens (tertiary/aromatic N) is 2. The van der Waals surface area contributed by atoms with Crippen LogP contribution in [-0.4, -0.2) is 9.55 Å². The van der Waals surface area contributed by atoms with Crippen LogP contribution in [0.1, 0.15) is 17.0 Å². The summed E-state index contributed by atoms with van der Waals surface area (Å²) >= 11 is 6.01. The molecule has 102 valence electrons. The van der Waals surface area contributed by atoms with Crippen LogP contribution in [0.2, 0.25) is 0 Å². The molecule has 1 aromatic heterocycles. The molecule has 0 aliphatic carbocycles. The number of fused-ring (bicyclic) bond motifs is 1.